The molecule has 5 heteroatoms. The van der Waals surface area contributed by atoms with Gasteiger partial charge in [0.2, 0.25) is 0 Å². The summed E-state index contributed by atoms with van der Waals surface area (Å²) in [4.78, 5) is 6.83. The number of anilines is 1. The van der Waals surface area contributed by atoms with Crippen LogP contribution in [0.4, 0.5) is 6.01 Å². The van der Waals surface area contributed by atoms with E-state index in [1.54, 1.807) is 0 Å². The zero-order chi connectivity index (χ0) is 14.2. The normalized spacial score (nSPS) is 18.7. The van der Waals surface area contributed by atoms with Crippen molar-refractivity contribution >= 4 is 17.1 Å². The minimum absolute atomic E-state index is 0.643. The largest absolute Gasteiger partial charge is 0.423 e. The predicted octanol–water partition coefficient (Wildman–Crippen LogP) is 2.63. The summed E-state index contributed by atoms with van der Waals surface area (Å²) in [6.45, 7) is 2.01. The number of rotatable bonds is 3. The number of aromatic nitrogens is 3. The van der Waals surface area contributed by atoms with Gasteiger partial charge in [-0.3, -0.25) is 4.68 Å². The number of aryl methyl sites for hydroxylation is 1. The Balaban J connectivity index is 1.48. The van der Waals surface area contributed by atoms with Crippen LogP contribution in [0.25, 0.3) is 11.1 Å². The van der Waals surface area contributed by atoms with Crippen LogP contribution in [0, 0.1) is 5.92 Å². The molecule has 0 N–H and O–H groups in total. The highest BCUT2D eigenvalue weighted by Gasteiger charge is 2.26. The number of hydrogen-bond acceptors (Lipinski definition) is 4. The van der Waals surface area contributed by atoms with E-state index < -0.39 is 0 Å². The van der Waals surface area contributed by atoms with E-state index in [1.165, 1.54) is 12.0 Å². The summed E-state index contributed by atoms with van der Waals surface area (Å²) in [6.07, 6.45) is 6.31. The molecule has 0 amide bonds. The van der Waals surface area contributed by atoms with Crippen molar-refractivity contribution in [3.63, 3.8) is 0 Å². The van der Waals surface area contributed by atoms with Crippen LogP contribution in [0.2, 0.25) is 0 Å². The van der Waals surface area contributed by atoms with Gasteiger partial charge in [0.15, 0.2) is 5.58 Å². The summed E-state index contributed by atoms with van der Waals surface area (Å²) in [6, 6.07) is 8.68. The quantitative estimate of drug-likeness (QED) is 0.741. The third-order valence-electron chi connectivity index (χ3n) is 4.12. The molecule has 1 saturated heterocycles. The molecule has 0 radical (unpaired) electrons. The molecular formula is C16H18N4O. The van der Waals surface area contributed by atoms with Gasteiger partial charge in [0.05, 0.1) is 6.20 Å². The zero-order valence-electron chi connectivity index (χ0n) is 12.1. The smallest absolute Gasteiger partial charge is 0.298 e. The minimum atomic E-state index is 0.643. The third-order valence-corrected chi connectivity index (χ3v) is 4.12. The maximum Gasteiger partial charge on any atom is 0.298 e. The van der Waals surface area contributed by atoms with Gasteiger partial charge in [-0.05, 0) is 36.5 Å². The average Bonchev–Trinajstić information content (AvgIpc) is 3.18. The molecule has 4 rings (SSSR count). The summed E-state index contributed by atoms with van der Waals surface area (Å²) < 4.78 is 7.72. The van der Waals surface area contributed by atoms with Crippen LogP contribution in [0.5, 0.6) is 0 Å². The first kappa shape index (κ1) is 12.4. The number of benzene rings is 1. The fraction of sp³-hybridized carbons (Fsp3) is 0.375. The van der Waals surface area contributed by atoms with Crippen LogP contribution < -0.4 is 4.90 Å². The van der Waals surface area contributed by atoms with Crippen molar-refractivity contribution in [2.45, 2.75) is 12.8 Å². The highest BCUT2D eigenvalue weighted by molar-refractivity contribution is 5.74. The summed E-state index contributed by atoms with van der Waals surface area (Å²) in [7, 11) is 1.96. The van der Waals surface area contributed by atoms with E-state index in [2.05, 4.69) is 21.2 Å². The van der Waals surface area contributed by atoms with Crippen LogP contribution >= 0.6 is 0 Å². The van der Waals surface area contributed by atoms with Crippen molar-refractivity contribution in [3.8, 4) is 0 Å². The highest BCUT2D eigenvalue weighted by Crippen LogP contribution is 2.28. The second kappa shape index (κ2) is 4.91. The lowest BCUT2D eigenvalue weighted by Gasteiger charge is -2.13. The van der Waals surface area contributed by atoms with Gasteiger partial charge in [-0.2, -0.15) is 10.1 Å². The number of fused-ring (bicyclic) bond motifs is 1. The molecule has 1 aliphatic rings. The van der Waals surface area contributed by atoms with Crippen LogP contribution in [0.3, 0.4) is 0 Å². The summed E-state index contributed by atoms with van der Waals surface area (Å²) in [5, 5.41) is 4.24. The van der Waals surface area contributed by atoms with Gasteiger partial charge < -0.3 is 9.32 Å². The Kier molecular flexibility index (Phi) is 2.91. The zero-order valence-corrected chi connectivity index (χ0v) is 12.1. The first-order valence-electron chi connectivity index (χ1n) is 7.36. The Morgan fingerprint density at radius 1 is 1.33 bits per heavy atom. The second-order valence-electron chi connectivity index (χ2n) is 5.79. The van der Waals surface area contributed by atoms with Crippen molar-refractivity contribution < 1.29 is 4.42 Å². The Morgan fingerprint density at radius 3 is 3.05 bits per heavy atom. The molecule has 2 aromatic heterocycles. The van der Waals surface area contributed by atoms with Gasteiger partial charge in [-0.25, -0.2) is 0 Å². The van der Waals surface area contributed by atoms with E-state index in [1.807, 2.05) is 42.2 Å². The molecule has 0 spiro atoms. The van der Waals surface area contributed by atoms with E-state index >= 15 is 0 Å². The topological polar surface area (TPSA) is 47.1 Å². The van der Waals surface area contributed by atoms with Crippen molar-refractivity contribution in [2.75, 3.05) is 18.0 Å². The Labute approximate surface area is 123 Å². The molecule has 1 unspecified atom stereocenters. The standard InChI is InChI=1S/C16H18N4O/c1-19-10-13(9-17-19)8-12-6-7-20(11-12)16-18-14-4-2-3-5-15(14)21-16/h2-5,9-10,12H,6-8,11H2,1H3. The van der Waals surface area contributed by atoms with Crippen molar-refractivity contribution in [3.05, 3.63) is 42.2 Å². The lowest BCUT2D eigenvalue weighted by atomic mass is 10.0. The summed E-state index contributed by atoms with van der Waals surface area (Å²) in [5.41, 5.74) is 3.10. The molecule has 1 atom stereocenters. The maximum absolute atomic E-state index is 5.85. The first-order chi connectivity index (χ1) is 10.3. The predicted molar refractivity (Wildman–Crippen MR) is 81.2 cm³/mol. The van der Waals surface area contributed by atoms with E-state index in [-0.39, 0.29) is 0 Å². The lowest BCUT2D eigenvalue weighted by molar-refractivity contribution is 0.562. The van der Waals surface area contributed by atoms with Gasteiger partial charge >= 0.3 is 0 Å². The monoisotopic (exact) mass is 282 g/mol. The van der Waals surface area contributed by atoms with Gasteiger partial charge in [0, 0.05) is 26.3 Å². The molecule has 5 nitrogen and oxygen atoms in total. The highest BCUT2D eigenvalue weighted by atomic mass is 16.4. The van der Waals surface area contributed by atoms with Gasteiger partial charge in [0.1, 0.15) is 5.52 Å². The van der Waals surface area contributed by atoms with E-state index in [4.69, 9.17) is 4.42 Å². The van der Waals surface area contributed by atoms with Crippen LogP contribution in [-0.2, 0) is 13.5 Å². The average molecular weight is 282 g/mol. The summed E-state index contributed by atoms with van der Waals surface area (Å²) >= 11 is 0. The first-order valence-corrected chi connectivity index (χ1v) is 7.36. The van der Waals surface area contributed by atoms with Crippen molar-refractivity contribution in [1.29, 1.82) is 0 Å². The molecule has 0 bridgehead atoms. The van der Waals surface area contributed by atoms with Gasteiger partial charge in [-0.15, -0.1) is 0 Å². The molecule has 1 aliphatic heterocycles. The molecule has 3 aromatic rings. The molecule has 1 aromatic carbocycles. The molecule has 21 heavy (non-hydrogen) atoms. The maximum atomic E-state index is 5.85. The Hall–Kier alpha value is -2.30. The number of nitrogens with zero attached hydrogens (tertiary/aromatic N) is 4. The van der Waals surface area contributed by atoms with Crippen molar-refractivity contribution in [1.82, 2.24) is 14.8 Å². The molecule has 108 valence electrons. The number of hydrogen-bond donors (Lipinski definition) is 0. The van der Waals surface area contributed by atoms with E-state index in [0.29, 0.717) is 5.92 Å². The SMILES string of the molecule is Cn1cc(CC2CCN(c3nc4ccccc4o3)C2)cn1. The number of para-hydroxylation sites is 2. The van der Waals surface area contributed by atoms with Gasteiger partial charge in [0.25, 0.3) is 6.01 Å². The lowest BCUT2D eigenvalue weighted by Crippen LogP contribution is -2.20. The van der Waals surface area contributed by atoms with Crippen LogP contribution in [0.1, 0.15) is 12.0 Å². The van der Waals surface area contributed by atoms with Crippen molar-refractivity contribution in [2.24, 2.45) is 13.0 Å². The molecule has 3 heterocycles. The summed E-state index contributed by atoms with van der Waals surface area (Å²) in [5.74, 6) is 0.643. The van der Waals surface area contributed by atoms with E-state index in [9.17, 15) is 0 Å². The number of oxazole rings is 1. The Morgan fingerprint density at radius 2 is 2.24 bits per heavy atom. The molecule has 0 saturated carbocycles. The molecular weight excluding hydrogens is 264 g/mol. The Bertz CT molecular complexity index is 727. The minimum Gasteiger partial charge on any atom is -0.423 e. The molecule has 1 fully saturated rings. The fourth-order valence-electron chi connectivity index (χ4n) is 3.08. The second-order valence-corrected chi connectivity index (χ2v) is 5.79. The fourth-order valence-corrected chi connectivity index (χ4v) is 3.08. The van der Waals surface area contributed by atoms with Crippen LogP contribution in [-0.4, -0.2) is 27.9 Å². The molecule has 0 aliphatic carbocycles. The van der Waals surface area contributed by atoms with E-state index in [0.717, 1.165) is 36.6 Å². The van der Waals surface area contributed by atoms with Gasteiger partial charge in [-0.1, -0.05) is 12.1 Å². The van der Waals surface area contributed by atoms with Crippen LogP contribution in [0.15, 0.2) is 41.1 Å². The third kappa shape index (κ3) is 2.39.